The molecule has 0 aromatic carbocycles. The van der Waals surface area contributed by atoms with Crippen LogP contribution < -0.4 is 0 Å². The van der Waals surface area contributed by atoms with Gasteiger partial charge in [-0.15, -0.1) is 11.3 Å². The summed E-state index contributed by atoms with van der Waals surface area (Å²) in [5, 5.41) is 1.30. The number of aromatic nitrogens is 2. The molecule has 2 heterocycles. The fourth-order valence-electron chi connectivity index (χ4n) is 2.52. The minimum absolute atomic E-state index is 0.640. The van der Waals surface area contributed by atoms with Crippen molar-refractivity contribution in [2.75, 3.05) is 0 Å². The Kier molecular flexibility index (Phi) is 5.77. The van der Waals surface area contributed by atoms with Crippen LogP contribution in [0.1, 0.15) is 69.7 Å². The molecule has 0 aliphatic carbocycles. The Labute approximate surface area is 120 Å². The number of fused-ring (bicyclic) bond motifs is 1. The maximum absolute atomic E-state index is 4.74. The lowest BCUT2D eigenvalue weighted by Crippen LogP contribution is -1.98. The summed E-state index contributed by atoms with van der Waals surface area (Å²) in [6.45, 7) is 4.54. The van der Waals surface area contributed by atoms with Crippen LogP contribution in [0.15, 0.2) is 18.3 Å². The van der Waals surface area contributed by atoms with Crippen LogP contribution in [0.2, 0.25) is 0 Å². The first-order valence-electron chi connectivity index (χ1n) is 7.56. The van der Waals surface area contributed by atoms with Crippen LogP contribution in [0.3, 0.4) is 0 Å². The number of pyridine rings is 1. The molecule has 19 heavy (non-hydrogen) atoms. The average molecular weight is 276 g/mol. The molecular weight excluding hydrogens is 252 g/mol. The molecule has 1 unspecified atom stereocenters. The van der Waals surface area contributed by atoms with Crippen molar-refractivity contribution < 1.29 is 0 Å². The van der Waals surface area contributed by atoms with Crippen LogP contribution in [-0.2, 0) is 0 Å². The van der Waals surface area contributed by atoms with E-state index in [-0.39, 0.29) is 0 Å². The summed E-state index contributed by atoms with van der Waals surface area (Å²) in [6, 6.07) is 4.13. The topological polar surface area (TPSA) is 25.8 Å². The van der Waals surface area contributed by atoms with Gasteiger partial charge in [-0.2, -0.15) is 0 Å². The van der Waals surface area contributed by atoms with Gasteiger partial charge in [-0.05, 0) is 25.0 Å². The van der Waals surface area contributed by atoms with Gasteiger partial charge in [0, 0.05) is 12.1 Å². The van der Waals surface area contributed by atoms with E-state index >= 15 is 0 Å². The summed E-state index contributed by atoms with van der Waals surface area (Å²) < 4.78 is 1.23. The second-order valence-corrected chi connectivity index (χ2v) is 6.27. The predicted octanol–water partition coefficient (Wildman–Crippen LogP) is 5.55. The van der Waals surface area contributed by atoms with Gasteiger partial charge in [0.1, 0.15) is 0 Å². The Morgan fingerprint density at radius 3 is 2.74 bits per heavy atom. The Bertz CT molecular complexity index is 459. The summed E-state index contributed by atoms with van der Waals surface area (Å²) in [7, 11) is 0. The highest BCUT2D eigenvalue weighted by atomic mass is 32.1. The van der Waals surface area contributed by atoms with Gasteiger partial charge in [-0.1, -0.05) is 46.0 Å². The second kappa shape index (κ2) is 7.59. The highest BCUT2D eigenvalue weighted by Crippen LogP contribution is 2.32. The van der Waals surface area contributed by atoms with E-state index in [1.807, 2.05) is 23.6 Å². The number of nitrogens with zero attached hydrogens (tertiary/aromatic N) is 2. The van der Waals surface area contributed by atoms with Crippen molar-refractivity contribution in [3.8, 4) is 0 Å². The molecule has 3 heteroatoms. The first-order chi connectivity index (χ1) is 9.35. The SMILES string of the molecule is CCCCCCC(CCC)c1nc2ncccc2s1. The van der Waals surface area contributed by atoms with E-state index in [9.17, 15) is 0 Å². The quantitative estimate of drug-likeness (QED) is 0.591. The van der Waals surface area contributed by atoms with Gasteiger partial charge in [0.2, 0.25) is 0 Å². The lowest BCUT2D eigenvalue weighted by atomic mass is 9.97. The zero-order chi connectivity index (χ0) is 13.5. The molecule has 0 aliphatic rings. The Balaban J connectivity index is 2.04. The summed E-state index contributed by atoms with van der Waals surface area (Å²) in [5.74, 6) is 0.640. The normalized spacial score (nSPS) is 12.9. The van der Waals surface area contributed by atoms with E-state index < -0.39 is 0 Å². The lowest BCUT2D eigenvalue weighted by Gasteiger charge is -2.12. The van der Waals surface area contributed by atoms with E-state index in [0.717, 1.165) is 5.65 Å². The molecule has 0 N–H and O–H groups in total. The smallest absolute Gasteiger partial charge is 0.170 e. The minimum Gasteiger partial charge on any atom is -0.236 e. The van der Waals surface area contributed by atoms with Crippen molar-refractivity contribution in [3.63, 3.8) is 0 Å². The number of unbranched alkanes of at least 4 members (excludes halogenated alkanes) is 3. The molecule has 2 aromatic heterocycles. The first kappa shape index (κ1) is 14.4. The van der Waals surface area contributed by atoms with Crippen molar-refractivity contribution in [1.29, 1.82) is 0 Å². The summed E-state index contributed by atoms with van der Waals surface area (Å²) in [5.41, 5.74) is 0.928. The fourth-order valence-corrected chi connectivity index (χ4v) is 3.61. The van der Waals surface area contributed by atoms with Crippen molar-refractivity contribution in [3.05, 3.63) is 23.3 Å². The minimum atomic E-state index is 0.640. The lowest BCUT2D eigenvalue weighted by molar-refractivity contribution is 0.520. The summed E-state index contributed by atoms with van der Waals surface area (Å²) >= 11 is 1.84. The van der Waals surface area contributed by atoms with E-state index in [4.69, 9.17) is 4.98 Å². The van der Waals surface area contributed by atoms with Gasteiger partial charge in [-0.3, -0.25) is 0 Å². The molecule has 0 spiro atoms. The Hall–Kier alpha value is -0.960. The standard InChI is InChI=1S/C16H24N2S/c1-3-5-6-7-10-13(9-4-2)16-18-15-14(19-16)11-8-12-17-15/h8,11-13H,3-7,9-10H2,1-2H3. The fraction of sp³-hybridized carbons (Fsp3) is 0.625. The number of rotatable bonds is 8. The molecule has 1 atom stereocenters. The molecule has 0 amide bonds. The molecule has 2 nitrogen and oxygen atoms in total. The highest BCUT2D eigenvalue weighted by Gasteiger charge is 2.15. The van der Waals surface area contributed by atoms with E-state index in [2.05, 4.69) is 24.9 Å². The molecule has 0 bridgehead atoms. The predicted molar refractivity (Wildman–Crippen MR) is 83.8 cm³/mol. The largest absolute Gasteiger partial charge is 0.236 e. The second-order valence-electron chi connectivity index (χ2n) is 5.21. The van der Waals surface area contributed by atoms with Crippen molar-refractivity contribution in [1.82, 2.24) is 9.97 Å². The van der Waals surface area contributed by atoms with Gasteiger partial charge in [0.05, 0.1) is 9.71 Å². The molecule has 0 radical (unpaired) electrons. The molecule has 0 saturated carbocycles. The number of hydrogen-bond donors (Lipinski definition) is 0. The van der Waals surface area contributed by atoms with E-state index in [1.54, 1.807) is 0 Å². The molecule has 0 saturated heterocycles. The third-order valence-corrected chi connectivity index (χ3v) is 4.75. The maximum Gasteiger partial charge on any atom is 0.170 e. The summed E-state index contributed by atoms with van der Waals surface area (Å²) in [6.07, 6.45) is 11.0. The molecule has 0 fully saturated rings. The van der Waals surface area contributed by atoms with Crippen molar-refractivity contribution in [2.24, 2.45) is 0 Å². The zero-order valence-corrected chi connectivity index (χ0v) is 12.9. The Morgan fingerprint density at radius 1 is 1.11 bits per heavy atom. The monoisotopic (exact) mass is 276 g/mol. The zero-order valence-electron chi connectivity index (χ0n) is 12.1. The third-order valence-electron chi connectivity index (χ3n) is 3.57. The molecular formula is C16H24N2S. The van der Waals surface area contributed by atoms with Crippen LogP contribution in [0.25, 0.3) is 10.3 Å². The van der Waals surface area contributed by atoms with Gasteiger partial charge in [-0.25, -0.2) is 9.97 Å². The van der Waals surface area contributed by atoms with Crippen LogP contribution in [-0.4, -0.2) is 9.97 Å². The van der Waals surface area contributed by atoms with Crippen LogP contribution in [0, 0.1) is 0 Å². The molecule has 2 aromatic rings. The maximum atomic E-state index is 4.74. The molecule has 2 rings (SSSR count). The van der Waals surface area contributed by atoms with Crippen molar-refractivity contribution in [2.45, 2.75) is 64.7 Å². The van der Waals surface area contributed by atoms with Gasteiger partial charge < -0.3 is 0 Å². The Morgan fingerprint density at radius 2 is 2.00 bits per heavy atom. The van der Waals surface area contributed by atoms with E-state index in [0.29, 0.717) is 5.92 Å². The van der Waals surface area contributed by atoms with Crippen LogP contribution in [0.5, 0.6) is 0 Å². The molecule has 104 valence electrons. The van der Waals surface area contributed by atoms with Crippen molar-refractivity contribution >= 4 is 21.7 Å². The van der Waals surface area contributed by atoms with E-state index in [1.165, 1.54) is 54.7 Å². The van der Waals surface area contributed by atoms with Crippen LogP contribution >= 0.6 is 11.3 Å². The molecule has 0 aliphatic heterocycles. The van der Waals surface area contributed by atoms with Gasteiger partial charge >= 0.3 is 0 Å². The average Bonchev–Trinajstić information content (AvgIpc) is 2.86. The first-order valence-corrected chi connectivity index (χ1v) is 8.38. The highest BCUT2D eigenvalue weighted by molar-refractivity contribution is 7.18. The van der Waals surface area contributed by atoms with Crippen LogP contribution in [0.4, 0.5) is 0 Å². The number of hydrogen-bond acceptors (Lipinski definition) is 3. The van der Waals surface area contributed by atoms with Gasteiger partial charge in [0.15, 0.2) is 5.65 Å². The number of thiazole rings is 1. The summed E-state index contributed by atoms with van der Waals surface area (Å²) in [4.78, 5) is 9.09. The third kappa shape index (κ3) is 4.00. The van der Waals surface area contributed by atoms with Gasteiger partial charge in [0.25, 0.3) is 0 Å².